The SMILES string of the molecule is CCCCCCC(=O)O.Cc1ccc(C(C)C)c(O)c1. The van der Waals surface area contributed by atoms with Crippen LogP contribution in [0.1, 0.15) is 69.9 Å². The number of phenols is 1. The molecule has 3 nitrogen and oxygen atoms in total. The third-order valence-corrected chi connectivity index (χ3v) is 3.05. The highest BCUT2D eigenvalue weighted by Gasteiger charge is 2.03. The van der Waals surface area contributed by atoms with E-state index in [1.807, 2.05) is 19.1 Å². The molecule has 0 aliphatic rings. The summed E-state index contributed by atoms with van der Waals surface area (Å²) < 4.78 is 0. The second kappa shape index (κ2) is 10.3. The fourth-order valence-corrected chi connectivity index (χ4v) is 1.84. The van der Waals surface area contributed by atoms with E-state index in [2.05, 4.69) is 20.8 Å². The molecular weight excluding hydrogens is 252 g/mol. The molecule has 0 spiro atoms. The average Bonchev–Trinajstić information content (AvgIpc) is 2.34. The number of aryl methyl sites for hydroxylation is 1. The van der Waals surface area contributed by atoms with Crippen molar-refractivity contribution in [3.05, 3.63) is 29.3 Å². The lowest BCUT2D eigenvalue weighted by Crippen LogP contribution is -1.92. The van der Waals surface area contributed by atoms with E-state index in [0.717, 1.165) is 30.4 Å². The van der Waals surface area contributed by atoms with Crippen molar-refractivity contribution in [2.45, 2.75) is 65.7 Å². The number of benzene rings is 1. The number of hydrogen-bond donors (Lipinski definition) is 2. The van der Waals surface area contributed by atoms with Crippen LogP contribution >= 0.6 is 0 Å². The standard InChI is InChI=1S/C10H14O.C7H14O2/c1-7(2)9-5-4-8(3)6-10(9)11;1-2-3-4-5-6-7(8)9/h4-7,11H,1-3H3;2-6H2,1H3,(H,8,9). The van der Waals surface area contributed by atoms with Crippen LogP contribution in [0, 0.1) is 6.92 Å². The minimum Gasteiger partial charge on any atom is -0.508 e. The lowest BCUT2D eigenvalue weighted by atomic mass is 10.0. The quantitative estimate of drug-likeness (QED) is 0.731. The van der Waals surface area contributed by atoms with Crippen molar-refractivity contribution in [2.24, 2.45) is 0 Å². The first kappa shape index (κ1) is 18.5. The van der Waals surface area contributed by atoms with Crippen molar-refractivity contribution in [2.75, 3.05) is 0 Å². The molecule has 0 bridgehead atoms. The Morgan fingerprint density at radius 3 is 2.30 bits per heavy atom. The summed E-state index contributed by atoms with van der Waals surface area (Å²) in [6.07, 6.45) is 4.55. The van der Waals surface area contributed by atoms with Crippen molar-refractivity contribution in [3.8, 4) is 5.75 Å². The highest BCUT2D eigenvalue weighted by Crippen LogP contribution is 2.25. The van der Waals surface area contributed by atoms with E-state index in [4.69, 9.17) is 5.11 Å². The normalized spacial score (nSPS) is 10.1. The van der Waals surface area contributed by atoms with Gasteiger partial charge in [-0.1, -0.05) is 52.2 Å². The fraction of sp³-hybridized carbons (Fsp3) is 0.588. The van der Waals surface area contributed by atoms with Crippen LogP contribution in [0.4, 0.5) is 0 Å². The van der Waals surface area contributed by atoms with Gasteiger partial charge in [0.05, 0.1) is 0 Å². The minimum atomic E-state index is -0.675. The van der Waals surface area contributed by atoms with Crippen LogP contribution < -0.4 is 0 Å². The van der Waals surface area contributed by atoms with Crippen LogP contribution in [0.5, 0.6) is 5.75 Å². The van der Waals surface area contributed by atoms with Gasteiger partial charge in [0.25, 0.3) is 0 Å². The summed E-state index contributed by atoms with van der Waals surface area (Å²) >= 11 is 0. The highest BCUT2D eigenvalue weighted by molar-refractivity contribution is 5.66. The topological polar surface area (TPSA) is 57.5 Å². The maximum atomic E-state index is 9.96. The summed E-state index contributed by atoms with van der Waals surface area (Å²) in [5.41, 5.74) is 2.13. The maximum absolute atomic E-state index is 9.96. The molecule has 0 atom stereocenters. The number of carbonyl (C=O) groups is 1. The van der Waals surface area contributed by atoms with E-state index in [-0.39, 0.29) is 0 Å². The molecule has 1 rings (SSSR count). The Kier molecular flexibility index (Phi) is 9.52. The maximum Gasteiger partial charge on any atom is 0.303 e. The van der Waals surface area contributed by atoms with Crippen LogP contribution in [0.2, 0.25) is 0 Å². The number of aromatic hydroxyl groups is 1. The number of hydrogen-bond acceptors (Lipinski definition) is 2. The molecule has 0 saturated heterocycles. The van der Waals surface area contributed by atoms with Gasteiger partial charge in [0.2, 0.25) is 0 Å². The van der Waals surface area contributed by atoms with Gasteiger partial charge in [-0.05, 0) is 36.5 Å². The molecule has 1 aromatic rings. The summed E-state index contributed by atoms with van der Waals surface area (Å²) in [7, 11) is 0. The van der Waals surface area contributed by atoms with Crippen LogP contribution in [0.15, 0.2) is 18.2 Å². The number of unbranched alkanes of at least 4 members (excludes halogenated alkanes) is 3. The van der Waals surface area contributed by atoms with Crippen molar-refractivity contribution in [1.82, 2.24) is 0 Å². The molecule has 0 amide bonds. The van der Waals surface area contributed by atoms with Crippen LogP contribution in [-0.2, 0) is 4.79 Å². The first-order chi connectivity index (χ1) is 9.38. The molecule has 0 saturated carbocycles. The Labute approximate surface area is 122 Å². The largest absolute Gasteiger partial charge is 0.508 e. The molecule has 0 aliphatic heterocycles. The molecule has 0 radical (unpaired) electrons. The summed E-state index contributed by atoms with van der Waals surface area (Å²) in [4.78, 5) is 9.96. The van der Waals surface area contributed by atoms with E-state index in [9.17, 15) is 9.90 Å². The van der Waals surface area contributed by atoms with Gasteiger partial charge in [-0.3, -0.25) is 4.79 Å². The smallest absolute Gasteiger partial charge is 0.303 e. The zero-order chi connectivity index (χ0) is 15.5. The molecule has 0 heterocycles. The number of carboxylic acid groups (broad SMARTS) is 1. The number of aliphatic carboxylic acids is 1. The summed E-state index contributed by atoms with van der Waals surface area (Å²) in [5.74, 6) is 0.140. The Bertz CT molecular complexity index is 397. The van der Waals surface area contributed by atoms with Crippen LogP contribution in [0.3, 0.4) is 0 Å². The van der Waals surface area contributed by atoms with Crippen LogP contribution in [0.25, 0.3) is 0 Å². The predicted molar refractivity (Wildman–Crippen MR) is 83.3 cm³/mol. The fourth-order valence-electron chi connectivity index (χ4n) is 1.84. The lowest BCUT2D eigenvalue weighted by Gasteiger charge is -2.07. The molecule has 0 aromatic heterocycles. The first-order valence-electron chi connectivity index (χ1n) is 7.39. The third-order valence-electron chi connectivity index (χ3n) is 3.05. The average molecular weight is 280 g/mol. The lowest BCUT2D eigenvalue weighted by molar-refractivity contribution is -0.137. The second-order valence-corrected chi connectivity index (χ2v) is 5.42. The van der Waals surface area contributed by atoms with Gasteiger partial charge >= 0.3 is 5.97 Å². The monoisotopic (exact) mass is 280 g/mol. The molecule has 20 heavy (non-hydrogen) atoms. The zero-order valence-electron chi connectivity index (χ0n) is 13.1. The molecule has 3 heteroatoms. The molecule has 2 N–H and O–H groups in total. The zero-order valence-corrected chi connectivity index (χ0v) is 13.1. The summed E-state index contributed by atoms with van der Waals surface area (Å²) in [6.45, 7) is 8.24. The number of rotatable bonds is 6. The van der Waals surface area contributed by atoms with E-state index in [0.29, 0.717) is 18.1 Å². The number of phenolic OH excluding ortho intramolecular Hbond substituents is 1. The van der Waals surface area contributed by atoms with E-state index in [1.165, 1.54) is 6.42 Å². The highest BCUT2D eigenvalue weighted by atomic mass is 16.4. The van der Waals surface area contributed by atoms with Gasteiger partial charge in [0, 0.05) is 6.42 Å². The molecule has 0 unspecified atom stereocenters. The molecule has 114 valence electrons. The predicted octanol–water partition coefficient (Wildman–Crippen LogP) is 4.87. The van der Waals surface area contributed by atoms with E-state index in [1.54, 1.807) is 6.07 Å². The Hall–Kier alpha value is -1.51. The number of carboxylic acids is 1. The van der Waals surface area contributed by atoms with Gasteiger partial charge in [-0.2, -0.15) is 0 Å². The van der Waals surface area contributed by atoms with Gasteiger partial charge in [0.15, 0.2) is 0 Å². The Morgan fingerprint density at radius 2 is 1.85 bits per heavy atom. The van der Waals surface area contributed by atoms with Crippen LogP contribution in [-0.4, -0.2) is 16.2 Å². The van der Waals surface area contributed by atoms with Gasteiger partial charge in [-0.25, -0.2) is 0 Å². The molecule has 0 aliphatic carbocycles. The summed E-state index contributed by atoms with van der Waals surface area (Å²) in [6, 6.07) is 5.81. The van der Waals surface area contributed by atoms with E-state index >= 15 is 0 Å². The minimum absolute atomic E-state index is 0.333. The third kappa shape index (κ3) is 8.57. The van der Waals surface area contributed by atoms with Crippen molar-refractivity contribution >= 4 is 5.97 Å². The second-order valence-electron chi connectivity index (χ2n) is 5.42. The van der Waals surface area contributed by atoms with Gasteiger partial charge < -0.3 is 10.2 Å². The van der Waals surface area contributed by atoms with Crippen molar-refractivity contribution < 1.29 is 15.0 Å². The Balaban J connectivity index is 0.000000370. The first-order valence-corrected chi connectivity index (χ1v) is 7.39. The molecule has 0 fully saturated rings. The molecular formula is C17H28O3. The van der Waals surface area contributed by atoms with Crippen molar-refractivity contribution in [3.63, 3.8) is 0 Å². The van der Waals surface area contributed by atoms with Gasteiger partial charge in [0.1, 0.15) is 5.75 Å². The summed E-state index contributed by atoms with van der Waals surface area (Å²) in [5, 5.41) is 17.7. The van der Waals surface area contributed by atoms with E-state index < -0.39 is 5.97 Å². The molecule has 1 aromatic carbocycles. The van der Waals surface area contributed by atoms with Gasteiger partial charge in [-0.15, -0.1) is 0 Å². The Morgan fingerprint density at radius 1 is 1.20 bits per heavy atom. The van der Waals surface area contributed by atoms with Crippen molar-refractivity contribution in [1.29, 1.82) is 0 Å².